The van der Waals surface area contributed by atoms with Gasteiger partial charge in [-0.1, -0.05) is 30.3 Å². The molecule has 3 aromatic rings. The number of carbonyl (C=O) groups excluding carboxylic acids is 2. The first kappa shape index (κ1) is 32.8. The molecule has 2 unspecified atom stereocenters. The van der Waals surface area contributed by atoms with E-state index < -0.39 is 17.7 Å². The minimum Gasteiger partial charge on any atom is -0.444 e. The van der Waals surface area contributed by atoms with Gasteiger partial charge in [-0.15, -0.1) is 11.8 Å². The summed E-state index contributed by atoms with van der Waals surface area (Å²) in [4.78, 5) is 37.0. The lowest BCUT2D eigenvalue weighted by atomic mass is 9.96. The number of ether oxygens (including phenoxy) is 1. The van der Waals surface area contributed by atoms with Crippen LogP contribution >= 0.6 is 11.8 Å². The summed E-state index contributed by atoms with van der Waals surface area (Å²) < 4.78 is 33.0. The summed E-state index contributed by atoms with van der Waals surface area (Å²) in [6, 6.07) is 16.0. The van der Waals surface area contributed by atoms with E-state index in [-0.39, 0.29) is 29.0 Å². The number of pyridine rings is 1. The Hall–Kier alpha value is -3.54. The fourth-order valence-electron chi connectivity index (χ4n) is 5.81. The van der Waals surface area contributed by atoms with E-state index in [2.05, 4.69) is 20.1 Å². The van der Waals surface area contributed by atoms with Crippen molar-refractivity contribution in [2.75, 3.05) is 45.0 Å². The number of carbonyl (C=O) groups is 2. The number of rotatable bonds is 9. The quantitative estimate of drug-likeness (QED) is 0.305. The highest BCUT2D eigenvalue weighted by Gasteiger charge is 2.44. The minimum atomic E-state index is -0.688. The van der Waals surface area contributed by atoms with Gasteiger partial charge in [0.25, 0.3) is 0 Å². The molecule has 0 bridgehead atoms. The van der Waals surface area contributed by atoms with Gasteiger partial charge in [-0.05, 0) is 75.2 Å². The molecule has 2 saturated heterocycles. The molecule has 2 fully saturated rings. The van der Waals surface area contributed by atoms with Gasteiger partial charge in [0, 0.05) is 56.4 Å². The number of benzene rings is 2. The van der Waals surface area contributed by atoms with Gasteiger partial charge in [0.2, 0.25) is 5.91 Å². The van der Waals surface area contributed by atoms with Gasteiger partial charge in [0.1, 0.15) is 28.7 Å². The lowest BCUT2D eigenvalue weighted by Crippen LogP contribution is -2.50. The maximum Gasteiger partial charge on any atom is 0.412 e. The van der Waals surface area contributed by atoms with E-state index in [1.54, 1.807) is 41.6 Å². The molecule has 2 amide bonds. The average Bonchev–Trinajstić information content (AvgIpc) is 3.47. The zero-order valence-corrected chi connectivity index (χ0v) is 26.8. The van der Waals surface area contributed by atoms with Gasteiger partial charge in [-0.2, -0.15) is 0 Å². The van der Waals surface area contributed by atoms with Gasteiger partial charge >= 0.3 is 6.09 Å². The zero-order valence-electron chi connectivity index (χ0n) is 26.0. The summed E-state index contributed by atoms with van der Waals surface area (Å²) in [5.41, 5.74) is 2.10. The smallest absolute Gasteiger partial charge is 0.412 e. The van der Waals surface area contributed by atoms with E-state index >= 15 is 0 Å². The van der Waals surface area contributed by atoms with Crippen LogP contribution in [0.25, 0.3) is 0 Å². The first-order valence-corrected chi connectivity index (χ1v) is 16.4. The SMILES string of the molecule is CC(C)(C)OC(=O)N1C(C(=O)NCCCN2CCN(C(c3ccc(F)cc3)c3ccc(F)cc3)CC2)CSC1c1cccnc1. The predicted octanol–water partition coefficient (Wildman–Crippen LogP) is 5.62. The highest BCUT2D eigenvalue weighted by atomic mass is 32.2. The first-order chi connectivity index (χ1) is 21.6. The fraction of sp³-hybridized carbons (Fsp3) is 0.441. The number of piperazine rings is 1. The van der Waals surface area contributed by atoms with Gasteiger partial charge in [0.15, 0.2) is 0 Å². The molecule has 2 aliphatic heterocycles. The second-order valence-corrected chi connectivity index (χ2v) is 13.5. The number of halogens is 2. The lowest BCUT2D eigenvalue weighted by Gasteiger charge is -2.40. The molecule has 45 heavy (non-hydrogen) atoms. The molecule has 1 aromatic heterocycles. The second-order valence-electron chi connectivity index (χ2n) is 12.4. The molecular formula is C34H41F2N5O3S. The highest BCUT2D eigenvalue weighted by Crippen LogP contribution is 2.42. The Morgan fingerprint density at radius 1 is 0.978 bits per heavy atom. The number of aromatic nitrogens is 1. The Morgan fingerprint density at radius 2 is 1.60 bits per heavy atom. The van der Waals surface area contributed by atoms with Crippen molar-refractivity contribution in [3.05, 3.63) is 101 Å². The fourth-order valence-corrected chi connectivity index (χ4v) is 7.21. The zero-order chi connectivity index (χ0) is 32.0. The number of hydrogen-bond donors (Lipinski definition) is 1. The molecule has 5 rings (SSSR count). The second kappa shape index (κ2) is 14.7. The third-order valence-corrected chi connectivity index (χ3v) is 9.29. The van der Waals surface area contributed by atoms with Crippen LogP contribution in [0.1, 0.15) is 55.3 Å². The maximum absolute atomic E-state index is 13.7. The lowest BCUT2D eigenvalue weighted by molar-refractivity contribution is -0.125. The molecule has 0 aliphatic carbocycles. The van der Waals surface area contributed by atoms with Crippen LogP contribution in [0.15, 0.2) is 73.1 Å². The Kier molecular flexibility index (Phi) is 10.7. The van der Waals surface area contributed by atoms with Crippen LogP contribution in [0.4, 0.5) is 13.6 Å². The number of hydrogen-bond acceptors (Lipinski definition) is 7. The number of amides is 2. The molecule has 2 aliphatic rings. The Labute approximate surface area is 268 Å². The number of nitrogens with one attached hydrogen (secondary N) is 1. The Morgan fingerprint density at radius 3 is 2.16 bits per heavy atom. The van der Waals surface area contributed by atoms with E-state index in [4.69, 9.17) is 4.74 Å². The molecule has 0 radical (unpaired) electrons. The molecule has 240 valence electrons. The van der Waals surface area contributed by atoms with Gasteiger partial charge in [-0.25, -0.2) is 13.6 Å². The van der Waals surface area contributed by atoms with Gasteiger partial charge in [-0.3, -0.25) is 19.6 Å². The summed E-state index contributed by atoms with van der Waals surface area (Å²) >= 11 is 1.53. The highest BCUT2D eigenvalue weighted by molar-refractivity contribution is 7.99. The summed E-state index contributed by atoms with van der Waals surface area (Å²) in [5.74, 6) is -0.293. The molecule has 2 aromatic carbocycles. The van der Waals surface area contributed by atoms with Crippen LogP contribution in [0.5, 0.6) is 0 Å². The van der Waals surface area contributed by atoms with Crippen LogP contribution in [-0.2, 0) is 9.53 Å². The van der Waals surface area contributed by atoms with Crippen molar-refractivity contribution in [3.63, 3.8) is 0 Å². The minimum absolute atomic E-state index is 0.0969. The molecule has 1 N–H and O–H groups in total. The summed E-state index contributed by atoms with van der Waals surface area (Å²) in [7, 11) is 0. The average molecular weight is 638 g/mol. The maximum atomic E-state index is 13.7. The third-order valence-electron chi connectivity index (χ3n) is 7.97. The van der Waals surface area contributed by atoms with Gasteiger partial charge in [0.05, 0.1) is 6.04 Å². The van der Waals surface area contributed by atoms with Crippen molar-refractivity contribution in [3.8, 4) is 0 Å². The molecule has 0 spiro atoms. The number of nitrogens with zero attached hydrogens (tertiary/aromatic N) is 4. The summed E-state index contributed by atoms with van der Waals surface area (Å²) in [6.07, 6.45) is 3.65. The van der Waals surface area contributed by atoms with Crippen LogP contribution in [0, 0.1) is 11.6 Å². The molecule has 8 nitrogen and oxygen atoms in total. The third kappa shape index (κ3) is 8.59. The normalized spacial score (nSPS) is 19.6. The predicted molar refractivity (Wildman–Crippen MR) is 172 cm³/mol. The van der Waals surface area contributed by atoms with Crippen LogP contribution in [0.2, 0.25) is 0 Å². The van der Waals surface area contributed by atoms with E-state index in [1.165, 1.54) is 36.0 Å². The van der Waals surface area contributed by atoms with E-state index in [0.717, 1.165) is 55.8 Å². The van der Waals surface area contributed by atoms with E-state index in [0.29, 0.717) is 12.3 Å². The monoisotopic (exact) mass is 637 g/mol. The molecular weight excluding hydrogens is 596 g/mol. The first-order valence-electron chi connectivity index (χ1n) is 15.4. The topological polar surface area (TPSA) is 78.0 Å². The van der Waals surface area contributed by atoms with Crippen molar-refractivity contribution < 1.29 is 23.1 Å². The van der Waals surface area contributed by atoms with Crippen molar-refractivity contribution >= 4 is 23.8 Å². The molecule has 3 heterocycles. The summed E-state index contributed by atoms with van der Waals surface area (Å²) in [6.45, 7) is 10.0. The van der Waals surface area contributed by atoms with Gasteiger partial charge < -0.3 is 15.0 Å². The molecule has 2 atom stereocenters. The van der Waals surface area contributed by atoms with Crippen molar-refractivity contribution in [1.82, 2.24) is 25.0 Å². The largest absolute Gasteiger partial charge is 0.444 e. The van der Waals surface area contributed by atoms with E-state index in [9.17, 15) is 18.4 Å². The summed E-state index contributed by atoms with van der Waals surface area (Å²) in [5, 5.41) is 2.69. The molecule has 0 saturated carbocycles. The van der Waals surface area contributed by atoms with E-state index in [1.807, 2.05) is 32.9 Å². The Bertz CT molecular complexity index is 1370. The van der Waals surface area contributed by atoms with Crippen molar-refractivity contribution in [2.45, 2.75) is 50.3 Å². The molecule has 11 heteroatoms. The van der Waals surface area contributed by atoms with Crippen LogP contribution in [-0.4, -0.2) is 88.3 Å². The van der Waals surface area contributed by atoms with Crippen molar-refractivity contribution in [2.24, 2.45) is 0 Å². The Balaban J connectivity index is 1.13. The van der Waals surface area contributed by atoms with Crippen LogP contribution in [0.3, 0.4) is 0 Å². The van der Waals surface area contributed by atoms with Crippen LogP contribution < -0.4 is 5.32 Å². The van der Waals surface area contributed by atoms with Crippen molar-refractivity contribution in [1.29, 1.82) is 0 Å². The standard InChI is InChI=1S/C34H41F2N5O3S/c1-34(2,3)44-33(43)41-29(23-45-32(41)26-6-4-15-37-22-26)31(42)38-16-5-17-39-18-20-40(21-19-39)30(24-7-11-27(35)12-8-24)25-9-13-28(36)14-10-25/h4,6-15,22,29-30,32H,5,16-21,23H2,1-3H3,(H,38,42). The number of thioether (sulfide) groups is 1.